The zero-order valence-corrected chi connectivity index (χ0v) is 12.8. The Morgan fingerprint density at radius 2 is 1.95 bits per heavy atom. The van der Waals surface area contributed by atoms with E-state index in [9.17, 15) is 9.59 Å². The molecule has 1 fully saturated rings. The Kier molecular flexibility index (Phi) is 3.88. The van der Waals surface area contributed by atoms with Crippen molar-refractivity contribution in [2.24, 2.45) is 0 Å². The molecule has 1 aromatic heterocycles. The second kappa shape index (κ2) is 5.83. The number of aromatic amines is 1. The number of hydrogen-bond acceptors (Lipinski definition) is 3. The van der Waals surface area contributed by atoms with Crippen LogP contribution in [0.25, 0.3) is 0 Å². The van der Waals surface area contributed by atoms with Gasteiger partial charge in [0.25, 0.3) is 5.56 Å². The molecule has 116 valence electrons. The van der Waals surface area contributed by atoms with Gasteiger partial charge in [0.05, 0.1) is 0 Å². The van der Waals surface area contributed by atoms with Gasteiger partial charge in [-0.05, 0) is 32.3 Å². The van der Waals surface area contributed by atoms with Crippen LogP contribution in [0.4, 0.5) is 0 Å². The summed E-state index contributed by atoms with van der Waals surface area (Å²) >= 11 is 0. The molecule has 2 heterocycles. The van der Waals surface area contributed by atoms with Crippen molar-refractivity contribution in [3.05, 3.63) is 68.7 Å². The van der Waals surface area contributed by atoms with Gasteiger partial charge >= 0.3 is 5.69 Å². The summed E-state index contributed by atoms with van der Waals surface area (Å²) in [5.74, 6) is 0. The first kappa shape index (κ1) is 14.6. The van der Waals surface area contributed by atoms with Crippen molar-refractivity contribution >= 4 is 0 Å². The number of likely N-dealkylation sites (tertiary alicyclic amines) is 1. The normalized spacial score (nSPS) is 19.4. The van der Waals surface area contributed by atoms with Gasteiger partial charge in [-0.2, -0.15) is 0 Å². The molecule has 0 spiro atoms. The molecule has 1 aliphatic carbocycles. The third kappa shape index (κ3) is 2.84. The Bertz CT molecular complexity index is 759. The molecule has 1 aliphatic heterocycles. The maximum absolute atomic E-state index is 12.0. The molecule has 1 aromatic rings. The predicted molar refractivity (Wildman–Crippen MR) is 86.9 cm³/mol. The zero-order chi connectivity index (χ0) is 15.7. The maximum atomic E-state index is 12.0. The Morgan fingerprint density at radius 1 is 1.23 bits per heavy atom. The summed E-state index contributed by atoms with van der Waals surface area (Å²) in [7, 11) is 0. The van der Waals surface area contributed by atoms with Crippen molar-refractivity contribution in [1.82, 2.24) is 14.5 Å². The summed E-state index contributed by atoms with van der Waals surface area (Å²) < 4.78 is 1.68. The van der Waals surface area contributed by atoms with Gasteiger partial charge in [-0.3, -0.25) is 14.3 Å². The number of nitrogens with one attached hydrogen (secondary N) is 1. The summed E-state index contributed by atoms with van der Waals surface area (Å²) in [6.07, 6.45) is 10.8. The van der Waals surface area contributed by atoms with E-state index in [0.717, 1.165) is 37.9 Å². The first-order valence-corrected chi connectivity index (χ1v) is 7.67. The van der Waals surface area contributed by atoms with E-state index in [0.29, 0.717) is 5.56 Å². The molecule has 5 nitrogen and oxygen atoms in total. The number of nitrogens with zero attached hydrogens (tertiary/aromatic N) is 2. The molecule has 1 N–H and O–H groups in total. The highest BCUT2D eigenvalue weighted by Crippen LogP contribution is 2.26. The van der Waals surface area contributed by atoms with Crippen LogP contribution in [0.5, 0.6) is 0 Å². The standard InChI is InChI=1S/C17H21N3O2/c1-12-3-5-14(6-4-12)19-9-7-15(8-10-19)20-11-13(2)16(21)18-17(20)22/h3,5-6,11,15H,1,4,7-10H2,2H3,(H,18,21,22). The monoisotopic (exact) mass is 299 g/mol. The summed E-state index contributed by atoms with van der Waals surface area (Å²) in [5, 5.41) is 0. The molecule has 0 unspecified atom stereocenters. The fourth-order valence-electron chi connectivity index (χ4n) is 3.07. The van der Waals surface area contributed by atoms with Gasteiger partial charge in [-0.25, -0.2) is 4.79 Å². The average Bonchev–Trinajstić information content (AvgIpc) is 2.52. The van der Waals surface area contributed by atoms with Crippen LogP contribution in [0.3, 0.4) is 0 Å². The second-order valence-corrected chi connectivity index (χ2v) is 6.02. The fraction of sp³-hybridized carbons (Fsp3) is 0.412. The van der Waals surface area contributed by atoms with Crippen molar-refractivity contribution in [3.63, 3.8) is 0 Å². The number of H-pyrrole nitrogens is 1. The minimum atomic E-state index is -0.304. The van der Waals surface area contributed by atoms with E-state index < -0.39 is 0 Å². The van der Waals surface area contributed by atoms with Crippen LogP contribution in [0.1, 0.15) is 30.9 Å². The van der Waals surface area contributed by atoms with Gasteiger partial charge in [0.15, 0.2) is 0 Å². The van der Waals surface area contributed by atoms with Crippen LogP contribution >= 0.6 is 0 Å². The van der Waals surface area contributed by atoms with Crippen LogP contribution < -0.4 is 11.2 Å². The largest absolute Gasteiger partial charge is 0.372 e. The SMILES string of the molecule is C=C1C=CC(N2CCC(n3cc(C)c(=O)[nH]c3=O)CC2)=CC1. The minimum Gasteiger partial charge on any atom is -0.372 e. The highest BCUT2D eigenvalue weighted by Gasteiger charge is 2.22. The molecule has 0 atom stereocenters. The molecule has 0 bridgehead atoms. The smallest absolute Gasteiger partial charge is 0.328 e. The molecular weight excluding hydrogens is 278 g/mol. The van der Waals surface area contributed by atoms with E-state index in [-0.39, 0.29) is 17.3 Å². The fourth-order valence-corrected chi connectivity index (χ4v) is 3.07. The zero-order valence-electron chi connectivity index (χ0n) is 12.8. The lowest BCUT2D eigenvalue weighted by Gasteiger charge is -2.35. The lowest BCUT2D eigenvalue weighted by Crippen LogP contribution is -2.39. The minimum absolute atomic E-state index is 0.155. The van der Waals surface area contributed by atoms with Crippen LogP contribution in [0.2, 0.25) is 0 Å². The number of rotatable bonds is 2. The molecule has 0 amide bonds. The highest BCUT2D eigenvalue weighted by atomic mass is 16.2. The predicted octanol–water partition coefficient (Wildman–Crippen LogP) is 1.88. The van der Waals surface area contributed by atoms with E-state index in [1.807, 2.05) is 0 Å². The second-order valence-electron chi connectivity index (χ2n) is 6.02. The van der Waals surface area contributed by atoms with E-state index >= 15 is 0 Å². The van der Waals surface area contributed by atoms with E-state index in [1.54, 1.807) is 17.7 Å². The molecule has 0 aromatic carbocycles. The van der Waals surface area contributed by atoms with Crippen molar-refractivity contribution < 1.29 is 0 Å². The summed E-state index contributed by atoms with van der Waals surface area (Å²) in [6.45, 7) is 7.51. The van der Waals surface area contributed by atoms with Crippen LogP contribution in [0.15, 0.2) is 51.9 Å². The summed E-state index contributed by atoms with van der Waals surface area (Å²) in [4.78, 5) is 28.2. The molecular formula is C17H21N3O2. The van der Waals surface area contributed by atoms with E-state index in [4.69, 9.17) is 0 Å². The van der Waals surface area contributed by atoms with Gasteiger partial charge in [0, 0.05) is 36.6 Å². The van der Waals surface area contributed by atoms with Gasteiger partial charge in [-0.15, -0.1) is 0 Å². The molecule has 0 saturated carbocycles. The van der Waals surface area contributed by atoms with Gasteiger partial charge < -0.3 is 4.90 Å². The molecule has 22 heavy (non-hydrogen) atoms. The number of allylic oxidation sites excluding steroid dienone is 4. The van der Waals surface area contributed by atoms with Crippen molar-refractivity contribution in [2.45, 2.75) is 32.2 Å². The topological polar surface area (TPSA) is 58.1 Å². The molecule has 5 heteroatoms. The third-order valence-corrected chi connectivity index (χ3v) is 4.43. The Hall–Kier alpha value is -2.30. The molecule has 3 rings (SSSR count). The Labute approximate surface area is 129 Å². The van der Waals surface area contributed by atoms with Crippen LogP contribution in [-0.2, 0) is 0 Å². The Balaban J connectivity index is 1.71. The number of aromatic nitrogens is 2. The quantitative estimate of drug-likeness (QED) is 0.907. The highest BCUT2D eigenvalue weighted by molar-refractivity contribution is 5.33. The van der Waals surface area contributed by atoms with Gasteiger partial charge in [0.1, 0.15) is 0 Å². The van der Waals surface area contributed by atoms with Crippen molar-refractivity contribution in [1.29, 1.82) is 0 Å². The summed E-state index contributed by atoms with van der Waals surface area (Å²) in [6, 6.07) is 0.155. The van der Waals surface area contributed by atoms with E-state index in [2.05, 4.69) is 34.7 Å². The third-order valence-electron chi connectivity index (χ3n) is 4.43. The summed E-state index contributed by atoms with van der Waals surface area (Å²) in [5.41, 5.74) is 2.36. The van der Waals surface area contributed by atoms with Gasteiger partial charge in [0.2, 0.25) is 0 Å². The van der Waals surface area contributed by atoms with Crippen molar-refractivity contribution in [3.8, 4) is 0 Å². The van der Waals surface area contributed by atoms with Crippen LogP contribution in [0, 0.1) is 6.92 Å². The Morgan fingerprint density at radius 3 is 2.59 bits per heavy atom. The van der Waals surface area contributed by atoms with Gasteiger partial charge in [-0.1, -0.05) is 24.3 Å². The maximum Gasteiger partial charge on any atom is 0.328 e. The average molecular weight is 299 g/mol. The first-order valence-electron chi connectivity index (χ1n) is 7.67. The molecule has 2 aliphatic rings. The van der Waals surface area contributed by atoms with E-state index in [1.165, 1.54) is 5.70 Å². The van der Waals surface area contributed by atoms with Crippen molar-refractivity contribution in [2.75, 3.05) is 13.1 Å². The molecule has 0 radical (unpaired) electrons. The number of hydrogen-bond donors (Lipinski definition) is 1. The van der Waals surface area contributed by atoms with Crippen LogP contribution in [-0.4, -0.2) is 27.5 Å². The molecule has 1 saturated heterocycles. The lowest BCUT2D eigenvalue weighted by atomic mass is 10.0. The first-order chi connectivity index (χ1) is 10.5. The number of piperidine rings is 1. The lowest BCUT2D eigenvalue weighted by molar-refractivity contribution is 0.228. The number of aryl methyl sites for hydroxylation is 1.